The van der Waals surface area contributed by atoms with Crippen LogP contribution in [-0.4, -0.2) is 45.5 Å². The van der Waals surface area contributed by atoms with Crippen LogP contribution in [0.2, 0.25) is 0 Å². The molecule has 1 aliphatic rings. The number of rotatable bonds is 6. The highest BCUT2D eigenvalue weighted by Gasteiger charge is 2.27. The van der Waals surface area contributed by atoms with Gasteiger partial charge in [-0.05, 0) is 37.8 Å². The van der Waals surface area contributed by atoms with Gasteiger partial charge >= 0.3 is 0 Å². The molecule has 1 rings (SSSR count). The van der Waals surface area contributed by atoms with Gasteiger partial charge in [-0.3, -0.25) is 4.79 Å². The Kier molecular flexibility index (Phi) is 5.59. The average molecular weight is 276 g/mol. The highest BCUT2D eigenvalue weighted by atomic mass is 32.2. The number of hydrogen-bond acceptors (Lipinski definition) is 4. The number of sulfone groups is 1. The van der Waals surface area contributed by atoms with Gasteiger partial charge in [0.25, 0.3) is 0 Å². The number of carbonyl (C=O) groups is 1. The zero-order valence-corrected chi connectivity index (χ0v) is 12.1. The van der Waals surface area contributed by atoms with Gasteiger partial charge in [-0.2, -0.15) is 0 Å². The lowest BCUT2D eigenvalue weighted by Crippen LogP contribution is -2.44. The molecule has 6 heteroatoms. The molecule has 18 heavy (non-hydrogen) atoms. The van der Waals surface area contributed by atoms with Crippen molar-refractivity contribution in [2.45, 2.75) is 33.1 Å². The van der Waals surface area contributed by atoms with E-state index in [1.807, 2.05) is 0 Å². The summed E-state index contributed by atoms with van der Waals surface area (Å²) in [7, 11) is -3.23. The second-order valence-corrected chi connectivity index (χ2v) is 7.61. The molecule has 0 bridgehead atoms. The fraction of sp³-hybridized carbons (Fsp3) is 0.917. The molecule has 0 aromatic heterocycles. The quantitative estimate of drug-likeness (QED) is 0.732. The van der Waals surface area contributed by atoms with Gasteiger partial charge in [-0.25, -0.2) is 8.42 Å². The van der Waals surface area contributed by atoms with Gasteiger partial charge in [-0.1, -0.05) is 13.8 Å². The molecule has 0 aromatic carbocycles. The normalized spacial score (nSPS) is 19.4. The first kappa shape index (κ1) is 15.4. The van der Waals surface area contributed by atoms with Crippen LogP contribution in [0, 0.1) is 5.41 Å². The van der Waals surface area contributed by atoms with E-state index in [0.29, 0.717) is 13.0 Å². The predicted molar refractivity (Wildman–Crippen MR) is 72.2 cm³/mol. The molecule has 1 fully saturated rings. The smallest absolute Gasteiger partial charge is 0.235 e. The van der Waals surface area contributed by atoms with E-state index in [0.717, 1.165) is 25.9 Å². The maximum Gasteiger partial charge on any atom is 0.235 e. The third kappa shape index (κ3) is 5.35. The summed E-state index contributed by atoms with van der Waals surface area (Å²) >= 11 is 0. The lowest BCUT2D eigenvalue weighted by Gasteiger charge is -2.34. The maximum absolute atomic E-state index is 11.6. The molecular formula is C12H24N2O3S. The monoisotopic (exact) mass is 276 g/mol. The van der Waals surface area contributed by atoms with Crippen molar-refractivity contribution >= 4 is 15.7 Å². The number of amides is 1. The van der Waals surface area contributed by atoms with Crippen LogP contribution in [-0.2, 0) is 14.6 Å². The average Bonchev–Trinajstić information content (AvgIpc) is 2.27. The molecule has 1 saturated heterocycles. The zero-order valence-electron chi connectivity index (χ0n) is 11.3. The maximum atomic E-state index is 11.6. The van der Waals surface area contributed by atoms with Crippen LogP contribution >= 0.6 is 0 Å². The predicted octanol–water partition coefficient (Wildman–Crippen LogP) is 0.317. The number of piperidine rings is 1. The molecule has 0 aliphatic carbocycles. The molecule has 0 radical (unpaired) electrons. The number of carbonyl (C=O) groups excluding carboxylic acids is 1. The van der Waals surface area contributed by atoms with Crippen molar-refractivity contribution < 1.29 is 13.2 Å². The summed E-state index contributed by atoms with van der Waals surface area (Å²) in [4.78, 5) is 11.6. The Morgan fingerprint density at radius 1 is 1.33 bits per heavy atom. The first-order valence-corrected chi connectivity index (χ1v) is 8.37. The van der Waals surface area contributed by atoms with Crippen molar-refractivity contribution in [2.24, 2.45) is 5.41 Å². The van der Waals surface area contributed by atoms with E-state index in [1.54, 1.807) is 6.92 Å². The Hall–Kier alpha value is -0.620. The number of hydrogen-bond donors (Lipinski definition) is 2. The molecule has 0 aromatic rings. The third-order valence-electron chi connectivity index (χ3n) is 3.39. The topological polar surface area (TPSA) is 75.3 Å². The third-order valence-corrected chi connectivity index (χ3v) is 5.12. The van der Waals surface area contributed by atoms with E-state index in [1.165, 1.54) is 0 Å². The summed E-state index contributed by atoms with van der Waals surface area (Å²) in [5, 5.41) is 6.04. The summed E-state index contributed by atoms with van der Waals surface area (Å²) in [5.74, 6) is -0.667. The minimum Gasteiger partial charge on any atom is -0.355 e. The van der Waals surface area contributed by atoms with E-state index in [2.05, 4.69) is 17.6 Å². The van der Waals surface area contributed by atoms with Crippen LogP contribution in [0.3, 0.4) is 0 Å². The summed E-state index contributed by atoms with van der Waals surface area (Å²) in [5.41, 5.74) is 0.0927. The Labute approximate surface area is 110 Å². The molecule has 1 amide bonds. The second-order valence-electron chi connectivity index (χ2n) is 5.43. The molecule has 0 unspecified atom stereocenters. The minimum absolute atomic E-state index is 0.0849. The van der Waals surface area contributed by atoms with Crippen molar-refractivity contribution in [2.75, 3.05) is 31.1 Å². The van der Waals surface area contributed by atoms with Crippen LogP contribution in [0.4, 0.5) is 0 Å². The van der Waals surface area contributed by atoms with Crippen LogP contribution in [0.25, 0.3) is 0 Å². The van der Waals surface area contributed by atoms with Crippen LogP contribution in [0.5, 0.6) is 0 Å². The molecule has 1 heterocycles. The summed E-state index contributed by atoms with van der Waals surface area (Å²) in [6, 6.07) is 0. The molecule has 2 N–H and O–H groups in total. The zero-order chi connectivity index (χ0) is 13.6. The summed E-state index contributed by atoms with van der Waals surface area (Å²) < 4.78 is 23.0. The van der Waals surface area contributed by atoms with Gasteiger partial charge in [0.2, 0.25) is 5.91 Å². The molecule has 0 atom stereocenters. The highest BCUT2D eigenvalue weighted by Crippen LogP contribution is 2.26. The standard InChI is InChI=1S/C12H24N2O3S/c1-3-8-18(16,17)9-11(15)14-10-12(2)4-6-13-7-5-12/h13H,3-10H2,1-2H3,(H,14,15). The van der Waals surface area contributed by atoms with Gasteiger partial charge in [0.1, 0.15) is 5.75 Å². The van der Waals surface area contributed by atoms with Gasteiger partial charge in [-0.15, -0.1) is 0 Å². The van der Waals surface area contributed by atoms with Crippen LogP contribution in [0.1, 0.15) is 33.1 Å². The Morgan fingerprint density at radius 3 is 2.50 bits per heavy atom. The summed E-state index contributed by atoms with van der Waals surface area (Å²) in [6.07, 6.45) is 2.57. The molecule has 106 valence electrons. The first-order valence-electron chi connectivity index (χ1n) is 6.55. The van der Waals surface area contributed by atoms with Crippen molar-refractivity contribution in [3.05, 3.63) is 0 Å². The lowest BCUT2D eigenvalue weighted by molar-refractivity contribution is -0.119. The van der Waals surface area contributed by atoms with Gasteiger partial charge < -0.3 is 10.6 Å². The van der Waals surface area contributed by atoms with E-state index in [-0.39, 0.29) is 22.8 Å². The fourth-order valence-electron chi connectivity index (χ4n) is 2.15. The van der Waals surface area contributed by atoms with E-state index in [9.17, 15) is 13.2 Å². The Bertz CT molecular complexity index is 373. The highest BCUT2D eigenvalue weighted by molar-refractivity contribution is 7.92. The number of nitrogens with one attached hydrogen (secondary N) is 2. The molecule has 0 saturated carbocycles. The van der Waals surface area contributed by atoms with E-state index < -0.39 is 9.84 Å². The first-order chi connectivity index (χ1) is 8.37. The lowest BCUT2D eigenvalue weighted by atomic mass is 9.81. The second kappa shape index (κ2) is 6.52. The van der Waals surface area contributed by atoms with Gasteiger partial charge in [0.05, 0.1) is 5.75 Å². The molecular weight excluding hydrogens is 252 g/mol. The van der Waals surface area contributed by atoms with Crippen LogP contribution in [0.15, 0.2) is 0 Å². The van der Waals surface area contributed by atoms with Crippen molar-refractivity contribution in [3.8, 4) is 0 Å². The van der Waals surface area contributed by atoms with Crippen molar-refractivity contribution in [1.29, 1.82) is 0 Å². The van der Waals surface area contributed by atoms with Gasteiger partial charge in [0, 0.05) is 6.54 Å². The Morgan fingerprint density at radius 2 is 1.94 bits per heavy atom. The molecule has 1 aliphatic heterocycles. The van der Waals surface area contributed by atoms with Gasteiger partial charge in [0.15, 0.2) is 9.84 Å². The van der Waals surface area contributed by atoms with Crippen molar-refractivity contribution in [3.63, 3.8) is 0 Å². The SMILES string of the molecule is CCCS(=O)(=O)CC(=O)NCC1(C)CCNCC1. The molecule has 5 nitrogen and oxygen atoms in total. The minimum atomic E-state index is -3.23. The molecule has 0 spiro atoms. The van der Waals surface area contributed by atoms with Crippen LogP contribution < -0.4 is 10.6 Å². The fourth-order valence-corrected chi connectivity index (χ4v) is 3.42. The Balaban J connectivity index is 2.37. The van der Waals surface area contributed by atoms with E-state index in [4.69, 9.17) is 0 Å². The van der Waals surface area contributed by atoms with E-state index >= 15 is 0 Å². The van der Waals surface area contributed by atoms with Crippen molar-refractivity contribution in [1.82, 2.24) is 10.6 Å². The summed E-state index contributed by atoms with van der Waals surface area (Å²) in [6.45, 7) is 6.41. The largest absolute Gasteiger partial charge is 0.355 e.